The van der Waals surface area contributed by atoms with Gasteiger partial charge in [0.15, 0.2) is 5.69 Å². The second-order valence-electron chi connectivity index (χ2n) is 10.5. The topological polar surface area (TPSA) is 58.4 Å². The quantitative estimate of drug-likeness (QED) is 0.363. The number of carbonyl (C=O) groups excluding carboxylic acids is 2. The van der Waals surface area contributed by atoms with E-state index in [0.717, 1.165) is 53.0 Å². The van der Waals surface area contributed by atoms with Gasteiger partial charge >= 0.3 is 0 Å². The molecule has 2 atom stereocenters. The second kappa shape index (κ2) is 9.80. The lowest BCUT2D eigenvalue weighted by atomic mass is 9.91. The lowest BCUT2D eigenvalue weighted by Crippen LogP contribution is -2.37. The summed E-state index contributed by atoms with van der Waals surface area (Å²) in [6.45, 7) is 11.3. The highest BCUT2D eigenvalue weighted by atomic mass is 35.5. The van der Waals surface area contributed by atoms with Crippen LogP contribution in [0.15, 0.2) is 36.4 Å². The van der Waals surface area contributed by atoms with E-state index in [4.69, 9.17) is 28.3 Å². The molecule has 5 rings (SSSR count). The zero-order chi connectivity index (χ0) is 26.6. The number of rotatable bonds is 5. The van der Waals surface area contributed by atoms with Gasteiger partial charge in [-0.25, -0.2) is 0 Å². The number of hydrogen-bond acceptors (Lipinski definition) is 3. The Morgan fingerprint density at radius 1 is 1.08 bits per heavy atom. The smallest absolute Gasteiger partial charge is 0.280 e. The molecule has 2 aliphatic rings. The van der Waals surface area contributed by atoms with Crippen LogP contribution in [0.3, 0.4) is 0 Å². The predicted molar refractivity (Wildman–Crippen MR) is 148 cm³/mol. The molecule has 0 aliphatic carbocycles. The summed E-state index contributed by atoms with van der Waals surface area (Å²) in [5.74, 6) is 0.0589. The molecule has 3 aromatic rings. The van der Waals surface area contributed by atoms with Gasteiger partial charge in [-0.1, -0.05) is 49.2 Å². The van der Waals surface area contributed by atoms with E-state index in [0.29, 0.717) is 22.3 Å². The first kappa shape index (κ1) is 25.8. The number of halogens is 2. The number of aromatic nitrogens is 2. The highest BCUT2D eigenvalue weighted by Crippen LogP contribution is 2.47. The lowest BCUT2D eigenvalue weighted by Gasteiger charge is -2.30. The van der Waals surface area contributed by atoms with E-state index in [-0.39, 0.29) is 29.8 Å². The molecule has 1 aromatic heterocycles. The molecule has 0 bridgehead atoms. The molecule has 0 spiro atoms. The van der Waals surface area contributed by atoms with Gasteiger partial charge in [0.05, 0.1) is 18.6 Å². The number of amides is 2. The molecule has 8 heteroatoms. The minimum Gasteiger partial charge on any atom is -0.338 e. The minimum atomic E-state index is -0.365. The fraction of sp³-hybridized carbons (Fsp3) is 0.414. The maximum atomic E-state index is 14.1. The van der Waals surface area contributed by atoms with E-state index in [1.54, 1.807) is 6.92 Å². The van der Waals surface area contributed by atoms with Crippen molar-refractivity contribution in [1.29, 1.82) is 0 Å². The zero-order valence-electron chi connectivity index (χ0n) is 21.9. The number of nitrogens with zero attached hydrogens (tertiary/aromatic N) is 4. The zero-order valence-corrected chi connectivity index (χ0v) is 23.4. The van der Waals surface area contributed by atoms with Crippen LogP contribution in [0.5, 0.6) is 0 Å². The first-order chi connectivity index (χ1) is 17.6. The average molecular weight is 540 g/mol. The van der Waals surface area contributed by atoms with Gasteiger partial charge in [0.25, 0.3) is 5.91 Å². The van der Waals surface area contributed by atoms with Crippen molar-refractivity contribution in [1.82, 2.24) is 14.7 Å². The summed E-state index contributed by atoms with van der Waals surface area (Å²) in [5.41, 5.74) is 6.16. The van der Waals surface area contributed by atoms with Gasteiger partial charge in [-0.05, 0) is 73.6 Å². The van der Waals surface area contributed by atoms with Gasteiger partial charge in [-0.3, -0.25) is 19.2 Å². The SMILES string of the molecule is CC(=O)N1CCC[C@H]1Cn1nc2c(c1C(C)C)C(c1ccc(Cl)cc1C)N(c1cc(Cl)ccc1C)C2=O. The Kier molecular flexibility index (Phi) is 6.84. The molecule has 0 radical (unpaired) electrons. The van der Waals surface area contributed by atoms with Gasteiger partial charge < -0.3 is 4.90 Å². The molecule has 37 heavy (non-hydrogen) atoms. The Bertz CT molecular complexity index is 1400. The highest BCUT2D eigenvalue weighted by Gasteiger charge is 2.46. The van der Waals surface area contributed by atoms with Crippen LogP contribution in [-0.4, -0.2) is 39.1 Å². The first-order valence-corrected chi connectivity index (χ1v) is 13.6. The Morgan fingerprint density at radius 2 is 1.78 bits per heavy atom. The van der Waals surface area contributed by atoms with E-state index in [2.05, 4.69) is 13.8 Å². The molecule has 1 fully saturated rings. The summed E-state index contributed by atoms with van der Waals surface area (Å²) in [5, 5.41) is 6.16. The summed E-state index contributed by atoms with van der Waals surface area (Å²) < 4.78 is 1.99. The third-order valence-electron chi connectivity index (χ3n) is 7.65. The van der Waals surface area contributed by atoms with Crippen LogP contribution >= 0.6 is 23.2 Å². The van der Waals surface area contributed by atoms with Crippen molar-refractivity contribution in [2.24, 2.45) is 0 Å². The van der Waals surface area contributed by atoms with E-state index in [9.17, 15) is 9.59 Å². The minimum absolute atomic E-state index is 0.0760. The Balaban J connectivity index is 1.70. The molecule has 194 valence electrons. The van der Waals surface area contributed by atoms with Crippen molar-refractivity contribution in [3.63, 3.8) is 0 Å². The van der Waals surface area contributed by atoms with Crippen molar-refractivity contribution in [2.45, 2.75) is 72.0 Å². The lowest BCUT2D eigenvalue weighted by molar-refractivity contribution is -0.129. The molecular weight excluding hydrogens is 507 g/mol. The molecule has 2 amide bonds. The summed E-state index contributed by atoms with van der Waals surface area (Å²) in [6, 6.07) is 11.2. The highest BCUT2D eigenvalue weighted by molar-refractivity contribution is 6.31. The van der Waals surface area contributed by atoms with Crippen LogP contribution in [0.25, 0.3) is 0 Å². The van der Waals surface area contributed by atoms with Crippen LogP contribution in [0.4, 0.5) is 5.69 Å². The van der Waals surface area contributed by atoms with Gasteiger partial charge in [0.2, 0.25) is 5.91 Å². The van der Waals surface area contributed by atoms with Gasteiger partial charge in [-0.15, -0.1) is 0 Å². The fourth-order valence-electron chi connectivity index (χ4n) is 6.00. The van der Waals surface area contributed by atoms with E-state index < -0.39 is 0 Å². The predicted octanol–water partition coefficient (Wildman–Crippen LogP) is 6.69. The van der Waals surface area contributed by atoms with E-state index in [1.807, 2.05) is 64.7 Å². The number of carbonyl (C=O) groups is 2. The molecule has 2 aromatic carbocycles. The standard InChI is InChI=1S/C29H32Cl2N4O2/c1-16(2)27-25-26(32-34(27)15-22-7-6-12-33(22)19(5)36)29(37)35(24-14-21(31)9-8-17(24)3)28(25)23-11-10-20(30)13-18(23)4/h8-11,13-14,16,22,28H,6-7,12,15H2,1-5H3/t22-,28?/m0/s1. The normalized spacial score (nSPS) is 19.3. The van der Waals surface area contributed by atoms with Crippen molar-refractivity contribution < 1.29 is 9.59 Å². The molecular formula is C29H32Cl2N4O2. The molecule has 2 aliphatic heterocycles. The van der Waals surface area contributed by atoms with Crippen molar-refractivity contribution in [3.05, 3.63) is 80.1 Å². The summed E-state index contributed by atoms with van der Waals surface area (Å²) in [7, 11) is 0. The van der Waals surface area contributed by atoms with Crippen LogP contribution < -0.4 is 4.90 Å². The number of benzene rings is 2. The molecule has 0 N–H and O–H groups in total. The Morgan fingerprint density at radius 3 is 2.46 bits per heavy atom. The van der Waals surface area contributed by atoms with Crippen LogP contribution in [-0.2, 0) is 11.3 Å². The van der Waals surface area contributed by atoms with Gasteiger partial charge in [0.1, 0.15) is 0 Å². The monoisotopic (exact) mass is 538 g/mol. The first-order valence-electron chi connectivity index (χ1n) is 12.8. The third-order valence-corrected chi connectivity index (χ3v) is 8.12. The van der Waals surface area contributed by atoms with E-state index in [1.165, 1.54) is 0 Å². The summed E-state index contributed by atoms with van der Waals surface area (Å²) >= 11 is 12.7. The number of hydrogen-bond donors (Lipinski definition) is 0. The van der Waals surface area contributed by atoms with Crippen molar-refractivity contribution in [3.8, 4) is 0 Å². The summed E-state index contributed by atoms with van der Waals surface area (Å²) in [4.78, 5) is 30.1. The maximum Gasteiger partial charge on any atom is 0.280 e. The van der Waals surface area contributed by atoms with E-state index >= 15 is 0 Å². The molecule has 1 saturated heterocycles. The number of aryl methyl sites for hydroxylation is 2. The molecule has 1 unspecified atom stereocenters. The number of anilines is 1. The van der Waals surface area contributed by atoms with Crippen molar-refractivity contribution >= 4 is 40.7 Å². The van der Waals surface area contributed by atoms with Gasteiger partial charge in [0, 0.05) is 40.5 Å². The molecule has 0 saturated carbocycles. The number of fused-ring (bicyclic) bond motifs is 1. The van der Waals surface area contributed by atoms with Crippen LogP contribution in [0, 0.1) is 13.8 Å². The summed E-state index contributed by atoms with van der Waals surface area (Å²) in [6.07, 6.45) is 1.92. The Labute approximate surface area is 228 Å². The van der Waals surface area contributed by atoms with Crippen LogP contribution in [0.2, 0.25) is 10.0 Å². The second-order valence-corrected chi connectivity index (χ2v) is 11.4. The molecule has 3 heterocycles. The maximum absolute atomic E-state index is 14.1. The van der Waals surface area contributed by atoms with Crippen LogP contribution in [0.1, 0.15) is 84.0 Å². The van der Waals surface area contributed by atoms with Gasteiger partial charge in [-0.2, -0.15) is 5.10 Å². The largest absolute Gasteiger partial charge is 0.338 e. The average Bonchev–Trinajstić information content (AvgIpc) is 3.50. The Hall–Kier alpha value is -2.83. The molecule has 6 nitrogen and oxygen atoms in total. The van der Waals surface area contributed by atoms with Crippen molar-refractivity contribution in [2.75, 3.05) is 11.4 Å². The fourth-order valence-corrected chi connectivity index (χ4v) is 6.39. The third kappa shape index (κ3) is 4.44. The number of likely N-dealkylation sites (tertiary alicyclic amines) is 1.